The van der Waals surface area contributed by atoms with E-state index in [9.17, 15) is 19.4 Å². The van der Waals surface area contributed by atoms with Crippen molar-refractivity contribution in [2.75, 3.05) is 47.5 Å². The molecule has 0 aliphatic rings. The van der Waals surface area contributed by atoms with E-state index in [1.54, 1.807) is 6.08 Å². The van der Waals surface area contributed by atoms with Crippen molar-refractivity contribution in [2.24, 2.45) is 0 Å². The Morgan fingerprint density at radius 3 is 1.78 bits per heavy atom. The summed E-state index contributed by atoms with van der Waals surface area (Å²) in [6.07, 6.45) is 22.6. The van der Waals surface area contributed by atoms with Crippen molar-refractivity contribution in [3.05, 3.63) is 12.2 Å². The molecule has 0 amide bonds. The maximum atomic E-state index is 11.9. The Balaban J connectivity index is 3.72. The molecule has 0 aliphatic carbocycles. The third kappa shape index (κ3) is 26.6. The lowest BCUT2D eigenvalue weighted by Crippen LogP contribution is -2.37. The Morgan fingerprint density at radius 2 is 1.32 bits per heavy atom. The largest absolute Gasteiger partial charge is 0.472 e. The fourth-order valence-corrected chi connectivity index (χ4v) is 4.53. The molecule has 0 aromatic carbocycles. The van der Waals surface area contributed by atoms with Crippen LogP contribution in [0.4, 0.5) is 0 Å². The van der Waals surface area contributed by atoms with Gasteiger partial charge in [0.2, 0.25) is 0 Å². The maximum Gasteiger partial charge on any atom is 0.472 e. The minimum atomic E-state index is -4.28. The number of carbonyl (C=O) groups excluding carboxylic acids is 1. The molecular formula is C28H57NO7P+. The number of nitrogens with zero attached hydrogens (tertiary/aromatic N) is 1. The first-order chi connectivity index (χ1) is 17.6. The van der Waals surface area contributed by atoms with Gasteiger partial charge < -0.3 is 19.2 Å². The van der Waals surface area contributed by atoms with Gasteiger partial charge in [-0.1, -0.05) is 103 Å². The first kappa shape index (κ1) is 36.2. The monoisotopic (exact) mass is 550 g/mol. The Labute approximate surface area is 227 Å². The van der Waals surface area contributed by atoms with Crippen molar-refractivity contribution in [2.45, 2.75) is 116 Å². The molecule has 0 spiro atoms. The highest BCUT2D eigenvalue weighted by Gasteiger charge is 2.25. The number of aliphatic hydroxyl groups excluding tert-OH is 1. The molecule has 37 heavy (non-hydrogen) atoms. The number of allylic oxidation sites excluding steroid dienone is 1. The lowest BCUT2D eigenvalue weighted by Gasteiger charge is -2.24. The van der Waals surface area contributed by atoms with Crippen LogP contribution in [-0.4, -0.2) is 74.1 Å². The van der Waals surface area contributed by atoms with E-state index in [-0.39, 0.29) is 6.61 Å². The molecule has 0 fully saturated rings. The Hall–Kier alpha value is -0.760. The van der Waals surface area contributed by atoms with Gasteiger partial charge in [0.05, 0.1) is 34.4 Å². The summed E-state index contributed by atoms with van der Waals surface area (Å²) in [5, 5.41) is 9.38. The van der Waals surface area contributed by atoms with Crippen LogP contribution in [0.2, 0.25) is 0 Å². The normalized spacial score (nSPS) is 14.6. The van der Waals surface area contributed by atoms with Crippen LogP contribution in [0.1, 0.15) is 110 Å². The van der Waals surface area contributed by atoms with Crippen molar-refractivity contribution >= 4 is 13.8 Å². The van der Waals surface area contributed by atoms with E-state index >= 15 is 0 Å². The second-order valence-corrected chi connectivity index (χ2v) is 12.4. The molecule has 0 aromatic heterocycles. The lowest BCUT2D eigenvalue weighted by atomic mass is 10.0. The second kappa shape index (κ2) is 23.2. The summed E-state index contributed by atoms with van der Waals surface area (Å²) in [4.78, 5) is 21.7. The van der Waals surface area contributed by atoms with Gasteiger partial charge >= 0.3 is 13.8 Å². The average Bonchev–Trinajstić information content (AvgIpc) is 2.82. The van der Waals surface area contributed by atoms with Gasteiger partial charge in [-0.25, -0.2) is 9.36 Å². The number of aliphatic hydroxyl groups is 1. The molecule has 1 unspecified atom stereocenters. The number of hydrogen-bond donors (Lipinski definition) is 2. The molecule has 0 rings (SSSR count). The summed E-state index contributed by atoms with van der Waals surface area (Å²) in [5.41, 5.74) is 0. The van der Waals surface area contributed by atoms with Crippen molar-refractivity contribution in [1.82, 2.24) is 0 Å². The molecule has 0 aromatic rings. The second-order valence-electron chi connectivity index (χ2n) is 11.0. The summed E-state index contributed by atoms with van der Waals surface area (Å²) in [5.74, 6) is -0.609. The summed E-state index contributed by atoms with van der Waals surface area (Å²) in [6.45, 7) is 1.89. The van der Waals surface area contributed by atoms with E-state index in [1.165, 1.54) is 89.5 Å². The number of phosphoric acid groups is 1. The minimum absolute atomic E-state index is 0.0445. The standard InChI is InChI=1S/C28H56NO7P/c1-5-6-7-8-9-10-11-12-13-14-15-16-17-18-19-20-21-22-28(31)36-27(25-30)26-35-37(32,33)34-24-23-29(2,3)4/h21-22,27,30H,5-20,23-26H2,1-4H3/p+1/t27-/m1/s1. The number of carbonyl (C=O) groups is 1. The first-order valence-electron chi connectivity index (χ1n) is 14.5. The minimum Gasteiger partial charge on any atom is -0.454 e. The highest BCUT2D eigenvalue weighted by molar-refractivity contribution is 7.47. The van der Waals surface area contributed by atoms with E-state index in [4.69, 9.17) is 13.8 Å². The van der Waals surface area contributed by atoms with Gasteiger partial charge in [0.1, 0.15) is 19.3 Å². The fraction of sp³-hybridized carbons (Fsp3) is 0.893. The number of phosphoric ester groups is 1. The summed E-state index contributed by atoms with van der Waals surface area (Å²) in [7, 11) is 1.52. The van der Waals surface area contributed by atoms with Gasteiger partial charge in [-0.2, -0.15) is 0 Å². The van der Waals surface area contributed by atoms with E-state index < -0.39 is 33.1 Å². The quantitative estimate of drug-likeness (QED) is 0.0414. The summed E-state index contributed by atoms with van der Waals surface area (Å²) >= 11 is 0. The molecule has 2 atom stereocenters. The molecule has 8 nitrogen and oxygen atoms in total. The van der Waals surface area contributed by atoms with Crippen LogP contribution in [0.25, 0.3) is 0 Å². The van der Waals surface area contributed by atoms with Crippen LogP contribution in [0.5, 0.6) is 0 Å². The SMILES string of the molecule is CCCCCCCCCCCCCCCCCC=CC(=O)O[C@H](CO)COP(=O)(O)OCC[N+](C)(C)C. The average molecular weight is 551 g/mol. The van der Waals surface area contributed by atoms with E-state index in [1.807, 2.05) is 21.1 Å². The number of rotatable bonds is 26. The van der Waals surface area contributed by atoms with Crippen molar-refractivity contribution in [3.63, 3.8) is 0 Å². The molecule has 220 valence electrons. The van der Waals surface area contributed by atoms with Gasteiger partial charge in [0.25, 0.3) is 0 Å². The first-order valence-corrected chi connectivity index (χ1v) is 16.0. The summed E-state index contributed by atoms with van der Waals surface area (Å²) in [6, 6.07) is 0. The molecule has 0 radical (unpaired) electrons. The van der Waals surface area contributed by atoms with Gasteiger partial charge in [0, 0.05) is 6.08 Å². The van der Waals surface area contributed by atoms with Crippen molar-refractivity contribution in [1.29, 1.82) is 0 Å². The van der Waals surface area contributed by atoms with Crippen LogP contribution >= 0.6 is 7.82 Å². The molecule has 0 aliphatic heterocycles. The summed E-state index contributed by atoms with van der Waals surface area (Å²) < 4.78 is 27.3. The Bertz CT molecular complexity index is 622. The predicted octanol–water partition coefficient (Wildman–Crippen LogP) is 6.55. The van der Waals surface area contributed by atoms with Gasteiger partial charge in [-0.05, 0) is 12.8 Å². The van der Waals surface area contributed by atoms with E-state index in [2.05, 4.69) is 6.92 Å². The third-order valence-corrected chi connectivity index (χ3v) is 7.14. The van der Waals surface area contributed by atoms with Crippen LogP contribution in [-0.2, 0) is 23.1 Å². The highest BCUT2D eigenvalue weighted by Crippen LogP contribution is 2.43. The smallest absolute Gasteiger partial charge is 0.454 e. The van der Waals surface area contributed by atoms with Gasteiger partial charge in [-0.15, -0.1) is 0 Å². The van der Waals surface area contributed by atoms with Crippen molar-refractivity contribution < 1.29 is 37.6 Å². The van der Waals surface area contributed by atoms with Crippen molar-refractivity contribution in [3.8, 4) is 0 Å². The van der Waals surface area contributed by atoms with Crippen LogP contribution < -0.4 is 0 Å². The van der Waals surface area contributed by atoms with E-state index in [0.717, 1.165) is 19.3 Å². The lowest BCUT2D eigenvalue weighted by molar-refractivity contribution is -0.870. The highest BCUT2D eigenvalue weighted by atomic mass is 31.2. The van der Waals surface area contributed by atoms with E-state index in [0.29, 0.717) is 11.0 Å². The molecule has 0 saturated carbocycles. The molecule has 0 saturated heterocycles. The topological polar surface area (TPSA) is 102 Å². The molecule has 0 heterocycles. The maximum absolute atomic E-state index is 11.9. The zero-order chi connectivity index (χ0) is 27.8. The van der Waals surface area contributed by atoms with Crippen LogP contribution in [0.3, 0.4) is 0 Å². The molecule has 9 heteroatoms. The number of hydrogen-bond acceptors (Lipinski definition) is 6. The Kier molecular flexibility index (Phi) is 22.7. The zero-order valence-corrected chi connectivity index (χ0v) is 25.1. The zero-order valence-electron chi connectivity index (χ0n) is 24.2. The molecule has 2 N–H and O–H groups in total. The fourth-order valence-electron chi connectivity index (χ4n) is 3.79. The predicted molar refractivity (Wildman–Crippen MR) is 150 cm³/mol. The molecule has 0 bridgehead atoms. The van der Waals surface area contributed by atoms with Crippen LogP contribution in [0.15, 0.2) is 12.2 Å². The Morgan fingerprint density at radius 1 is 0.838 bits per heavy atom. The number of likely N-dealkylation sites (N-methyl/N-ethyl adjacent to an activating group) is 1. The number of esters is 1. The third-order valence-electron chi connectivity index (χ3n) is 6.15. The number of ether oxygens (including phenoxy) is 1. The number of unbranched alkanes of at least 4 members (excludes halogenated alkanes) is 15. The van der Waals surface area contributed by atoms with Gasteiger partial charge in [0.15, 0.2) is 0 Å². The number of quaternary nitrogens is 1. The van der Waals surface area contributed by atoms with Crippen LogP contribution in [0, 0.1) is 0 Å². The molecular weight excluding hydrogens is 493 g/mol. The van der Waals surface area contributed by atoms with Gasteiger partial charge in [-0.3, -0.25) is 9.05 Å².